The van der Waals surface area contributed by atoms with E-state index in [4.69, 9.17) is 0 Å². The summed E-state index contributed by atoms with van der Waals surface area (Å²) in [6, 6.07) is 19.2. The van der Waals surface area contributed by atoms with E-state index in [1.807, 2.05) is 17.0 Å². The van der Waals surface area contributed by atoms with Gasteiger partial charge in [-0.05, 0) is 57.6 Å². The van der Waals surface area contributed by atoms with Crippen LogP contribution in [0.1, 0.15) is 17.5 Å². The van der Waals surface area contributed by atoms with E-state index in [9.17, 15) is 4.79 Å². The highest BCUT2D eigenvalue weighted by molar-refractivity contribution is 5.96. The number of rotatable bonds is 7. The van der Waals surface area contributed by atoms with Crippen molar-refractivity contribution in [1.29, 1.82) is 0 Å². The van der Waals surface area contributed by atoms with Crippen LogP contribution < -0.4 is 4.90 Å². The molecule has 0 radical (unpaired) electrons. The first-order chi connectivity index (χ1) is 13.0. The van der Waals surface area contributed by atoms with Crippen LogP contribution in [0.15, 0.2) is 54.6 Å². The summed E-state index contributed by atoms with van der Waals surface area (Å²) >= 11 is 0. The van der Waals surface area contributed by atoms with Crippen molar-refractivity contribution in [3.05, 3.63) is 65.7 Å². The molecular weight excluding hydrogens is 334 g/mol. The Bertz CT molecular complexity index is 744. The van der Waals surface area contributed by atoms with E-state index in [2.05, 4.69) is 73.3 Å². The molecule has 4 nitrogen and oxygen atoms in total. The number of hydrogen-bond acceptors (Lipinski definition) is 3. The number of piperazine rings is 1. The van der Waals surface area contributed by atoms with E-state index in [1.165, 1.54) is 5.56 Å². The Labute approximate surface area is 163 Å². The third-order valence-corrected chi connectivity index (χ3v) is 5.32. The molecule has 0 aromatic heterocycles. The summed E-state index contributed by atoms with van der Waals surface area (Å²) < 4.78 is 0. The van der Waals surface area contributed by atoms with Crippen molar-refractivity contribution in [3.8, 4) is 0 Å². The SMILES string of the molecule is Cc1ccccc1N1CC(Cc2ccccc2)N(CCCN(C)C)CC1=O. The first kappa shape index (κ1) is 19.6. The maximum atomic E-state index is 12.9. The van der Waals surface area contributed by atoms with Crippen molar-refractivity contribution in [3.63, 3.8) is 0 Å². The summed E-state index contributed by atoms with van der Waals surface area (Å²) in [5, 5.41) is 0. The number of anilines is 1. The largest absolute Gasteiger partial charge is 0.309 e. The summed E-state index contributed by atoms with van der Waals surface area (Å²) in [5.74, 6) is 0.207. The number of amides is 1. The molecule has 1 aliphatic rings. The lowest BCUT2D eigenvalue weighted by molar-refractivity contribution is -0.122. The molecule has 27 heavy (non-hydrogen) atoms. The van der Waals surface area contributed by atoms with E-state index in [-0.39, 0.29) is 5.91 Å². The summed E-state index contributed by atoms with van der Waals surface area (Å²) in [6.07, 6.45) is 2.05. The quantitative estimate of drug-likeness (QED) is 0.754. The van der Waals surface area contributed by atoms with Gasteiger partial charge in [0.05, 0.1) is 6.54 Å². The van der Waals surface area contributed by atoms with Gasteiger partial charge in [0.1, 0.15) is 0 Å². The molecule has 2 aromatic rings. The second-order valence-corrected chi connectivity index (χ2v) is 7.76. The average Bonchev–Trinajstić information content (AvgIpc) is 2.65. The smallest absolute Gasteiger partial charge is 0.241 e. The van der Waals surface area contributed by atoms with Gasteiger partial charge >= 0.3 is 0 Å². The molecule has 1 saturated heterocycles. The number of carbonyl (C=O) groups excluding carboxylic acids is 1. The predicted molar refractivity (Wildman–Crippen MR) is 112 cm³/mol. The van der Waals surface area contributed by atoms with Crippen molar-refractivity contribution in [2.45, 2.75) is 25.8 Å². The fourth-order valence-electron chi connectivity index (χ4n) is 3.85. The average molecular weight is 366 g/mol. The molecule has 0 N–H and O–H groups in total. The fraction of sp³-hybridized carbons (Fsp3) is 0.435. The van der Waals surface area contributed by atoms with E-state index in [1.54, 1.807) is 0 Å². The van der Waals surface area contributed by atoms with Gasteiger partial charge in [0.2, 0.25) is 5.91 Å². The Morgan fingerprint density at radius 1 is 1.04 bits per heavy atom. The molecule has 144 valence electrons. The van der Waals surface area contributed by atoms with Crippen LogP contribution >= 0.6 is 0 Å². The van der Waals surface area contributed by atoms with Crippen molar-refractivity contribution in [1.82, 2.24) is 9.80 Å². The number of para-hydroxylation sites is 1. The lowest BCUT2D eigenvalue weighted by Gasteiger charge is -2.41. The van der Waals surface area contributed by atoms with E-state index in [0.29, 0.717) is 12.6 Å². The van der Waals surface area contributed by atoms with Crippen LogP contribution in [0.25, 0.3) is 0 Å². The molecule has 1 amide bonds. The van der Waals surface area contributed by atoms with Crippen LogP contribution in [0.4, 0.5) is 5.69 Å². The summed E-state index contributed by atoms with van der Waals surface area (Å²) in [7, 11) is 4.20. The molecule has 0 aliphatic carbocycles. The topological polar surface area (TPSA) is 26.8 Å². The maximum absolute atomic E-state index is 12.9. The number of hydrogen-bond donors (Lipinski definition) is 0. The number of carbonyl (C=O) groups is 1. The molecule has 1 unspecified atom stereocenters. The molecule has 1 heterocycles. The summed E-state index contributed by atoms with van der Waals surface area (Å²) in [6.45, 7) is 5.34. The molecule has 0 bridgehead atoms. The second kappa shape index (κ2) is 9.16. The molecule has 2 aromatic carbocycles. The number of nitrogens with zero attached hydrogens (tertiary/aromatic N) is 3. The van der Waals surface area contributed by atoms with Crippen LogP contribution in [0.3, 0.4) is 0 Å². The molecule has 4 heteroatoms. The Kier molecular flexibility index (Phi) is 6.64. The van der Waals surface area contributed by atoms with Crippen molar-refractivity contribution in [2.75, 3.05) is 45.2 Å². The van der Waals surface area contributed by atoms with Crippen LogP contribution in [-0.4, -0.2) is 62.0 Å². The first-order valence-corrected chi connectivity index (χ1v) is 9.83. The van der Waals surface area contributed by atoms with E-state index in [0.717, 1.165) is 43.7 Å². The molecule has 1 aliphatic heterocycles. The Morgan fingerprint density at radius 2 is 1.74 bits per heavy atom. The molecule has 0 saturated carbocycles. The normalized spacial score (nSPS) is 18.3. The van der Waals surface area contributed by atoms with Gasteiger partial charge in [0, 0.05) is 24.8 Å². The van der Waals surface area contributed by atoms with E-state index >= 15 is 0 Å². The van der Waals surface area contributed by atoms with Gasteiger partial charge < -0.3 is 9.80 Å². The van der Waals surface area contributed by atoms with Gasteiger partial charge in [-0.2, -0.15) is 0 Å². The van der Waals surface area contributed by atoms with Crippen LogP contribution in [-0.2, 0) is 11.2 Å². The third-order valence-electron chi connectivity index (χ3n) is 5.32. The zero-order chi connectivity index (χ0) is 19.2. The van der Waals surface area contributed by atoms with Gasteiger partial charge in [-0.3, -0.25) is 9.69 Å². The Hall–Kier alpha value is -2.17. The highest BCUT2D eigenvalue weighted by Gasteiger charge is 2.33. The minimum absolute atomic E-state index is 0.207. The number of aryl methyl sites for hydroxylation is 1. The molecule has 3 rings (SSSR count). The highest BCUT2D eigenvalue weighted by Crippen LogP contribution is 2.25. The van der Waals surface area contributed by atoms with Gasteiger partial charge in [-0.25, -0.2) is 0 Å². The fourth-order valence-corrected chi connectivity index (χ4v) is 3.85. The van der Waals surface area contributed by atoms with Gasteiger partial charge in [0.25, 0.3) is 0 Å². The minimum atomic E-state index is 0.207. The lowest BCUT2D eigenvalue weighted by atomic mass is 10.0. The summed E-state index contributed by atoms with van der Waals surface area (Å²) in [5.41, 5.74) is 3.54. The predicted octanol–water partition coefficient (Wildman–Crippen LogP) is 3.21. The molecule has 1 fully saturated rings. The number of benzene rings is 2. The van der Waals surface area contributed by atoms with Gasteiger partial charge in [-0.1, -0.05) is 48.5 Å². The molecule has 0 spiro atoms. The van der Waals surface area contributed by atoms with Crippen LogP contribution in [0.5, 0.6) is 0 Å². The van der Waals surface area contributed by atoms with Crippen molar-refractivity contribution >= 4 is 11.6 Å². The zero-order valence-electron chi connectivity index (χ0n) is 16.8. The Morgan fingerprint density at radius 3 is 2.44 bits per heavy atom. The highest BCUT2D eigenvalue weighted by atomic mass is 16.2. The minimum Gasteiger partial charge on any atom is -0.309 e. The van der Waals surface area contributed by atoms with Crippen molar-refractivity contribution < 1.29 is 4.79 Å². The van der Waals surface area contributed by atoms with Crippen LogP contribution in [0, 0.1) is 6.92 Å². The monoisotopic (exact) mass is 365 g/mol. The summed E-state index contributed by atoms with van der Waals surface area (Å²) in [4.78, 5) is 19.5. The standard InChI is InChI=1S/C23H31N3O/c1-19-10-7-8-13-22(19)26-17-21(16-20-11-5-4-6-12-20)25(18-23(26)27)15-9-14-24(2)3/h4-8,10-13,21H,9,14-18H2,1-3H3. The first-order valence-electron chi connectivity index (χ1n) is 9.83. The van der Waals surface area contributed by atoms with Gasteiger partial charge in [-0.15, -0.1) is 0 Å². The van der Waals surface area contributed by atoms with Gasteiger partial charge in [0.15, 0.2) is 0 Å². The van der Waals surface area contributed by atoms with E-state index < -0.39 is 0 Å². The molecular formula is C23H31N3O. The van der Waals surface area contributed by atoms with Crippen LogP contribution in [0.2, 0.25) is 0 Å². The maximum Gasteiger partial charge on any atom is 0.241 e. The lowest BCUT2D eigenvalue weighted by Crippen LogP contribution is -2.57. The van der Waals surface area contributed by atoms with Crippen molar-refractivity contribution in [2.24, 2.45) is 0 Å². The second-order valence-electron chi connectivity index (χ2n) is 7.76. The zero-order valence-corrected chi connectivity index (χ0v) is 16.8. The Balaban J connectivity index is 1.78. The molecule has 1 atom stereocenters. The third kappa shape index (κ3) is 5.18.